The Morgan fingerprint density at radius 2 is 1.81 bits per heavy atom. The number of hydrogen-bond acceptors (Lipinski definition) is 5. The number of carbonyl (C=O) groups excluding carboxylic acids is 2. The number of hydrogen-bond donors (Lipinski definition) is 1. The minimum absolute atomic E-state index is 0.0120. The summed E-state index contributed by atoms with van der Waals surface area (Å²) in [6.07, 6.45) is 1.69. The molecule has 0 spiro atoms. The number of carbonyl (C=O) groups is 2. The molecule has 1 atom stereocenters. The van der Waals surface area contributed by atoms with Gasteiger partial charge in [0.2, 0.25) is 9.84 Å². The SMILES string of the molecule is NC1CCCN(C(=O)c2ccc3c(c2)S(=O)(=O)c2ccccc2C3=O)C1. The van der Waals surface area contributed by atoms with Crippen molar-refractivity contribution >= 4 is 21.5 Å². The summed E-state index contributed by atoms with van der Waals surface area (Å²) in [6.45, 7) is 1.04. The molecule has 2 N–H and O–H groups in total. The quantitative estimate of drug-likeness (QED) is 0.702. The second-order valence-corrected chi connectivity index (χ2v) is 8.58. The number of fused-ring (bicyclic) bond motifs is 2. The average molecular weight is 370 g/mol. The van der Waals surface area contributed by atoms with Crippen molar-refractivity contribution in [3.63, 3.8) is 0 Å². The summed E-state index contributed by atoms with van der Waals surface area (Å²) in [5.74, 6) is -0.603. The van der Waals surface area contributed by atoms with E-state index in [1.807, 2.05) is 0 Å². The largest absolute Gasteiger partial charge is 0.337 e. The molecule has 1 amide bonds. The second kappa shape index (κ2) is 6.03. The van der Waals surface area contributed by atoms with E-state index in [0.29, 0.717) is 13.1 Å². The minimum atomic E-state index is -3.85. The topological polar surface area (TPSA) is 97.5 Å². The molecule has 0 aromatic heterocycles. The second-order valence-electron chi connectivity index (χ2n) is 6.69. The molecule has 4 rings (SSSR count). The summed E-state index contributed by atoms with van der Waals surface area (Å²) in [7, 11) is -3.85. The van der Waals surface area contributed by atoms with E-state index in [-0.39, 0.29) is 44.2 Å². The molecule has 1 fully saturated rings. The molecule has 26 heavy (non-hydrogen) atoms. The Hall–Kier alpha value is -2.51. The van der Waals surface area contributed by atoms with Gasteiger partial charge in [0.25, 0.3) is 5.91 Å². The summed E-state index contributed by atoms with van der Waals surface area (Å²) in [6, 6.07) is 10.3. The Kier molecular flexibility index (Phi) is 3.93. The van der Waals surface area contributed by atoms with Gasteiger partial charge in [-0.1, -0.05) is 12.1 Å². The van der Waals surface area contributed by atoms with Gasteiger partial charge in [-0.05, 0) is 43.2 Å². The molecule has 2 aliphatic rings. The summed E-state index contributed by atoms with van der Waals surface area (Å²) in [5, 5.41) is 0. The van der Waals surface area contributed by atoms with Gasteiger partial charge in [0, 0.05) is 35.8 Å². The molecule has 0 bridgehead atoms. The molecular weight excluding hydrogens is 352 g/mol. The number of rotatable bonds is 1. The van der Waals surface area contributed by atoms with Crippen molar-refractivity contribution in [2.24, 2.45) is 5.73 Å². The predicted octanol–water partition coefficient (Wildman–Crippen LogP) is 1.63. The monoisotopic (exact) mass is 370 g/mol. The van der Waals surface area contributed by atoms with Gasteiger partial charge in [-0.15, -0.1) is 0 Å². The number of sulfone groups is 1. The Labute approximate surface area is 151 Å². The first-order valence-electron chi connectivity index (χ1n) is 8.47. The van der Waals surface area contributed by atoms with Crippen molar-refractivity contribution in [1.82, 2.24) is 4.90 Å². The van der Waals surface area contributed by atoms with Crippen LogP contribution in [-0.4, -0.2) is 44.1 Å². The van der Waals surface area contributed by atoms with Crippen LogP contribution in [0.3, 0.4) is 0 Å². The van der Waals surface area contributed by atoms with E-state index in [1.54, 1.807) is 17.0 Å². The average Bonchev–Trinajstić information content (AvgIpc) is 2.65. The zero-order valence-corrected chi connectivity index (χ0v) is 14.8. The molecule has 2 heterocycles. The predicted molar refractivity (Wildman–Crippen MR) is 94.9 cm³/mol. The van der Waals surface area contributed by atoms with E-state index in [4.69, 9.17) is 5.73 Å². The third-order valence-corrected chi connectivity index (χ3v) is 6.78. The van der Waals surface area contributed by atoms with Crippen LogP contribution in [0.25, 0.3) is 0 Å². The number of amides is 1. The van der Waals surface area contributed by atoms with Crippen molar-refractivity contribution in [1.29, 1.82) is 0 Å². The fraction of sp³-hybridized carbons (Fsp3) is 0.263. The normalized spacial score (nSPS) is 21.0. The summed E-state index contributed by atoms with van der Waals surface area (Å²) in [4.78, 5) is 26.9. The number of likely N-dealkylation sites (tertiary alicyclic amines) is 1. The van der Waals surface area contributed by atoms with Crippen molar-refractivity contribution in [2.75, 3.05) is 13.1 Å². The lowest BCUT2D eigenvalue weighted by Gasteiger charge is -2.31. The third kappa shape index (κ3) is 2.55. The van der Waals surface area contributed by atoms with Gasteiger partial charge in [-0.25, -0.2) is 8.42 Å². The van der Waals surface area contributed by atoms with Gasteiger partial charge in [0.1, 0.15) is 0 Å². The van der Waals surface area contributed by atoms with E-state index in [0.717, 1.165) is 12.8 Å². The van der Waals surface area contributed by atoms with Crippen LogP contribution in [0.4, 0.5) is 0 Å². The zero-order chi connectivity index (χ0) is 18.5. The van der Waals surface area contributed by atoms with Crippen molar-refractivity contribution in [2.45, 2.75) is 28.7 Å². The zero-order valence-electron chi connectivity index (χ0n) is 14.0. The lowest BCUT2D eigenvalue weighted by molar-refractivity contribution is 0.0708. The van der Waals surface area contributed by atoms with Crippen LogP contribution in [0, 0.1) is 0 Å². The molecule has 7 heteroatoms. The molecule has 2 aromatic rings. The first-order valence-corrected chi connectivity index (χ1v) is 9.95. The Bertz CT molecular complexity index is 1030. The van der Waals surface area contributed by atoms with E-state index in [9.17, 15) is 18.0 Å². The highest BCUT2D eigenvalue weighted by atomic mass is 32.2. The van der Waals surface area contributed by atoms with Crippen molar-refractivity contribution < 1.29 is 18.0 Å². The van der Waals surface area contributed by atoms with Crippen LogP contribution in [0.2, 0.25) is 0 Å². The maximum Gasteiger partial charge on any atom is 0.253 e. The molecule has 0 saturated carbocycles. The van der Waals surface area contributed by atoms with Gasteiger partial charge >= 0.3 is 0 Å². The van der Waals surface area contributed by atoms with E-state index in [1.165, 1.54) is 30.3 Å². The van der Waals surface area contributed by atoms with E-state index >= 15 is 0 Å². The van der Waals surface area contributed by atoms with Crippen LogP contribution in [0.15, 0.2) is 52.3 Å². The molecule has 6 nitrogen and oxygen atoms in total. The van der Waals surface area contributed by atoms with Gasteiger partial charge < -0.3 is 10.6 Å². The lowest BCUT2D eigenvalue weighted by Crippen LogP contribution is -2.45. The highest BCUT2D eigenvalue weighted by Crippen LogP contribution is 2.35. The molecule has 134 valence electrons. The number of piperidine rings is 1. The lowest BCUT2D eigenvalue weighted by atomic mass is 10.00. The molecule has 0 radical (unpaired) electrons. The Morgan fingerprint density at radius 3 is 2.58 bits per heavy atom. The summed E-state index contributed by atoms with van der Waals surface area (Å²) < 4.78 is 25.9. The fourth-order valence-electron chi connectivity index (χ4n) is 3.59. The summed E-state index contributed by atoms with van der Waals surface area (Å²) in [5.41, 5.74) is 6.46. The van der Waals surface area contributed by atoms with Crippen LogP contribution in [0.1, 0.15) is 39.1 Å². The fourth-order valence-corrected chi connectivity index (χ4v) is 5.27. The van der Waals surface area contributed by atoms with Gasteiger partial charge in [0.15, 0.2) is 5.78 Å². The molecule has 2 aliphatic heterocycles. The van der Waals surface area contributed by atoms with E-state index < -0.39 is 9.84 Å². The molecular formula is C19H18N2O4S. The Balaban J connectivity index is 1.79. The van der Waals surface area contributed by atoms with Crippen LogP contribution in [-0.2, 0) is 9.84 Å². The van der Waals surface area contributed by atoms with Gasteiger partial charge in [0.05, 0.1) is 9.79 Å². The van der Waals surface area contributed by atoms with E-state index in [2.05, 4.69) is 0 Å². The minimum Gasteiger partial charge on any atom is -0.337 e. The number of ketones is 1. The number of nitrogens with zero attached hydrogens (tertiary/aromatic N) is 1. The molecule has 0 aliphatic carbocycles. The smallest absolute Gasteiger partial charge is 0.253 e. The van der Waals surface area contributed by atoms with Crippen LogP contribution >= 0.6 is 0 Å². The van der Waals surface area contributed by atoms with Crippen molar-refractivity contribution in [3.8, 4) is 0 Å². The number of nitrogens with two attached hydrogens (primary N) is 1. The summed E-state index contributed by atoms with van der Waals surface area (Å²) >= 11 is 0. The standard InChI is InChI=1S/C19H18N2O4S/c20-13-4-3-9-21(11-13)19(23)12-7-8-15-17(10-12)26(24,25)16-6-2-1-5-14(16)18(15)22/h1-2,5-8,10,13H,3-4,9,11,20H2. The molecule has 1 unspecified atom stereocenters. The molecule has 1 saturated heterocycles. The molecule has 2 aromatic carbocycles. The first kappa shape index (κ1) is 16.9. The van der Waals surface area contributed by atoms with Gasteiger partial charge in [-0.3, -0.25) is 9.59 Å². The Morgan fingerprint density at radius 1 is 1.08 bits per heavy atom. The van der Waals surface area contributed by atoms with Crippen LogP contribution in [0.5, 0.6) is 0 Å². The maximum absolute atomic E-state index is 12.9. The van der Waals surface area contributed by atoms with Crippen LogP contribution < -0.4 is 5.73 Å². The highest BCUT2D eigenvalue weighted by Gasteiger charge is 2.35. The number of benzene rings is 2. The maximum atomic E-state index is 12.9. The third-order valence-electron chi connectivity index (χ3n) is 4.93. The van der Waals surface area contributed by atoms with Crippen molar-refractivity contribution in [3.05, 3.63) is 59.2 Å². The highest BCUT2D eigenvalue weighted by molar-refractivity contribution is 7.91. The van der Waals surface area contributed by atoms with Gasteiger partial charge in [-0.2, -0.15) is 0 Å². The first-order chi connectivity index (χ1) is 12.4.